The fraction of sp³-hybridized carbons (Fsp3) is 0.769. The Hall–Kier alpha value is -1.59. The molecular weight excluding hydrogens is 242 g/mol. The fourth-order valence-electron chi connectivity index (χ4n) is 1.21. The SMILES string of the molecule is CNc1nc(NC(C)C(C)(C)C)nc(OC(C)C)n1. The number of nitrogens with zero attached hydrogens (tertiary/aromatic N) is 3. The molecule has 1 aromatic heterocycles. The van der Waals surface area contributed by atoms with Gasteiger partial charge in [0, 0.05) is 13.1 Å². The van der Waals surface area contributed by atoms with E-state index in [2.05, 4.69) is 53.3 Å². The molecule has 1 aromatic rings. The Bertz CT molecular complexity index is 414. The molecule has 0 radical (unpaired) electrons. The number of hydrogen-bond acceptors (Lipinski definition) is 6. The van der Waals surface area contributed by atoms with Crippen molar-refractivity contribution in [2.45, 2.75) is 53.7 Å². The van der Waals surface area contributed by atoms with Crippen molar-refractivity contribution < 1.29 is 4.74 Å². The molecule has 0 aliphatic rings. The zero-order chi connectivity index (χ0) is 14.6. The minimum absolute atomic E-state index is 0.0278. The largest absolute Gasteiger partial charge is 0.461 e. The molecule has 0 aromatic carbocycles. The molecule has 6 heteroatoms. The molecule has 0 spiro atoms. The maximum absolute atomic E-state index is 5.52. The fourth-order valence-corrected chi connectivity index (χ4v) is 1.21. The third kappa shape index (κ3) is 4.89. The number of rotatable bonds is 5. The van der Waals surface area contributed by atoms with E-state index in [-0.39, 0.29) is 17.6 Å². The standard InChI is InChI=1S/C13H25N5O/c1-8(2)19-12-17-10(14-7)16-11(18-12)15-9(3)13(4,5)6/h8-9H,1-7H3,(H2,14,15,16,17,18). The highest BCUT2D eigenvalue weighted by Crippen LogP contribution is 2.22. The second-order valence-electron chi connectivity index (χ2n) is 5.91. The Morgan fingerprint density at radius 3 is 2.05 bits per heavy atom. The van der Waals surface area contributed by atoms with Gasteiger partial charge in [-0.25, -0.2) is 0 Å². The van der Waals surface area contributed by atoms with Crippen LogP contribution in [0.2, 0.25) is 0 Å². The zero-order valence-corrected chi connectivity index (χ0v) is 12.9. The smallest absolute Gasteiger partial charge is 0.323 e. The summed E-state index contributed by atoms with van der Waals surface area (Å²) in [5.74, 6) is 1.02. The Balaban J connectivity index is 2.94. The Labute approximate surface area is 115 Å². The van der Waals surface area contributed by atoms with Crippen molar-refractivity contribution in [3.8, 4) is 6.01 Å². The van der Waals surface area contributed by atoms with Gasteiger partial charge in [0.1, 0.15) is 0 Å². The van der Waals surface area contributed by atoms with Gasteiger partial charge in [-0.05, 0) is 26.2 Å². The molecule has 0 aliphatic carbocycles. The summed E-state index contributed by atoms with van der Waals surface area (Å²) >= 11 is 0. The van der Waals surface area contributed by atoms with Crippen molar-refractivity contribution in [3.05, 3.63) is 0 Å². The maximum atomic E-state index is 5.52. The Kier molecular flexibility index (Phi) is 4.91. The van der Waals surface area contributed by atoms with Crippen molar-refractivity contribution in [2.75, 3.05) is 17.7 Å². The third-order valence-corrected chi connectivity index (χ3v) is 2.82. The van der Waals surface area contributed by atoms with Crippen LogP contribution in [-0.2, 0) is 0 Å². The summed E-state index contributed by atoms with van der Waals surface area (Å²) in [6, 6.07) is 0.560. The van der Waals surface area contributed by atoms with E-state index in [4.69, 9.17) is 4.74 Å². The molecule has 6 nitrogen and oxygen atoms in total. The van der Waals surface area contributed by atoms with E-state index in [1.54, 1.807) is 7.05 Å². The van der Waals surface area contributed by atoms with Crippen LogP contribution in [0.1, 0.15) is 41.5 Å². The summed E-state index contributed by atoms with van der Waals surface area (Å²) in [4.78, 5) is 12.7. The number of anilines is 2. The molecule has 1 atom stereocenters. The van der Waals surface area contributed by atoms with Gasteiger partial charge >= 0.3 is 6.01 Å². The van der Waals surface area contributed by atoms with Gasteiger partial charge in [0.25, 0.3) is 0 Å². The predicted molar refractivity (Wildman–Crippen MR) is 77.7 cm³/mol. The number of aromatic nitrogens is 3. The summed E-state index contributed by atoms with van der Waals surface area (Å²) in [6.45, 7) is 12.5. The van der Waals surface area contributed by atoms with E-state index in [9.17, 15) is 0 Å². The summed E-state index contributed by atoms with van der Waals surface area (Å²) < 4.78 is 5.52. The Morgan fingerprint density at radius 1 is 1.00 bits per heavy atom. The van der Waals surface area contributed by atoms with Gasteiger partial charge in [-0.15, -0.1) is 0 Å². The van der Waals surface area contributed by atoms with Gasteiger partial charge in [-0.3, -0.25) is 0 Å². The van der Waals surface area contributed by atoms with Crippen molar-refractivity contribution in [1.82, 2.24) is 15.0 Å². The van der Waals surface area contributed by atoms with Crippen LogP contribution < -0.4 is 15.4 Å². The van der Waals surface area contributed by atoms with E-state index in [0.29, 0.717) is 17.9 Å². The number of hydrogen-bond donors (Lipinski definition) is 2. The average Bonchev–Trinajstić information content (AvgIpc) is 2.26. The first kappa shape index (κ1) is 15.5. The van der Waals surface area contributed by atoms with Crippen molar-refractivity contribution in [2.24, 2.45) is 5.41 Å². The second kappa shape index (κ2) is 6.04. The van der Waals surface area contributed by atoms with Gasteiger partial charge < -0.3 is 15.4 Å². The van der Waals surface area contributed by atoms with Crippen molar-refractivity contribution in [3.63, 3.8) is 0 Å². The number of nitrogens with one attached hydrogen (secondary N) is 2. The highest BCUT2D eigenvalue weighted by atomic mass is 16.5. The summed E-state index contributed by atoms with van der Waals surface area (Å²) in [6.07, 6.45) is 0.0278. The van der Waals surface area contributed by atoms with E-state index >= 15 is 0 Å². The van der Waals surface area contributed by atoms with Gasteiger partial charge in [-0.2, -0.15) is 15.0 Å². The monoisotopic (exact) mass is 267 g/mol. The molecular formula is C13H25N5O. The molecule has 0 amide bonds. The summed E-state index contributed by atoms with van der Waals surface area (Å²) in [7, 11) is 1.77. The molecule has 0 saturated carbocycles. The lowest BCUT2D eigenvalue weighted by Crippen LogP contribution is -2.31. The first-order valence-electron chi connectivity index (χ1n) is 6.59. The molecule has 0 aliphatic heterocycles. The van der Waals surface area contributed by atoms with Gasteiger partial charge in [-0.1, -0.05) is 20.8 Å². The van der Waals surface area contributed by atoms with Crippen LogP contribution >= 0.6 is 0 Å². The lowest BCUT2D eigenvalue weighted by Gasteiger charge is -2.28. The second-order valence-corrected chi connectivity index (χ2v) is 5.91. The predicted octanol–water partition coefficient (Wildman–Crippen LogP) is 2.55. The lowest BCUT2D eigenvalue weighted by molar-refractivity contribution is 0.222. The maximum Gasteiger partial charge on any atom is 0.323 e. The minimum atomic E-state index is 0.0278. The van der Waals surface area contributed by atoms with Crippen LogP contribution in [0.15, 0.2) is 0 Å². The zero-order valence-electron chi connectivity index (χ0n) is 12.9. The first-order chi connectivity index (χ1) is 8.72. The highest BCUT2D eigenvalue weighted by Gasteiger charge is 2.21. The molecule has 1 rings (SSSR count). The lowest BCUT2D eigenvalue weighted by atomic mass is 9.88. The first-order valence-corrected chi connectivity index (χ1v) is 6.59. The van der Waals surface area contributed by atoms with Crippen LogP contribution in [0.3, 0.4) is 0 Å². The Morgan fingerprint density at radius 2 is 1.58 bits per heavy atom. The van der Waals surface area contributed by atoms with Crippen LogP contribution in [0.4, 0.5) is 11.9 Å². The molecule has 2 N–H and O–H groups in total. The average molecular weight is 267 g/mol. The highest BCUT2D eigenvalue weighted by molar-refractivity contribution is 5.36. The minimum Gasteiger partial charge on any atom is -0.461 e. The molecule has 1 heterocycles. The number of ether oxygens (including phenoxy) is 1. The topological polar surface area (TPSA) is 72.0 Å². The van der Waals surface area contributed by atoms with Gasteiger partial charge in [0.15, 0.2) is 0 Å². The van der Waals surface area contributed by atoms with E-state index in [1.165, 1.54) is 0 Å². The molecule has 0 bridgehead atoms. The van der Waals surface area contributed by atoms with Crippen LogP contribution in [0.5, 0.6) is 6.01 Å². The third-order valence-electron chi connectivity index (χ3n) is 2.82. The van der Waals surface area contributed by atoms with Crippen LogP contribution in [-0.4, -0.2) is 34.1 Å². The van der Waals surface area contributed by atoms with E-state index < -0.39 is 0 Å². The van der Waals surface area contributed by atoms with Crippen LogP contribution in [0.25, 0.3) is 0 Å². The van der Waals surface area contributed by atoms with Crippen molar-refractivity contribution in [1.29, 1.82) is 0 Å². The molecule has 0 fully saturated rings. The van der Waals surface area contributed by atoms with Gasteiger partial charge in [0.2, 0.25) is 11.9 Å². The normalized spacial score (nSPS) is 13.3. The van der Waals surface area contributed by atoms with E-state index in [1.807, 2.05) is 13.8 Å². The van der Waals surface area contributed by atoms with Crippen molar-refractivity contribution >= 4 is 11.9 Å². The van der Waals surface area contributed by atoms with E-state index in [0.717, 1.165) is 0 Å². The molecule has 0 saturated heterocycles. The molecule has 108 valence electrons. The molecule has 1 unspecified atom stereocenters. The summed E-state index contributed by atoms with van der Waals surface area (Å²) in [5, 5.41) is 6.20. The van der Waals surface area contributed by atoms with Crippen LogP contribution in [0, 0.1) is 5.41 Å². The quantitative estimate of drug-likeness (QED) is 0.854. The van der Waals surface area contributed by atoms with Gasteiger partial charge in [0.05, 0.1) is 6.10 Å². The molecule has 19 heavy (non-hydrogen) atoms. The summed E-state index contributed by atoms with van der Waals surface area (Å²) in [5.41, 5.74) is 0.117.